The van der Waals surface area contributed by atoms with Gasteiger partial charge >= 0.3 is 0 Å². The second-order valence-corrected chi connectivity index (χ2v) is 5.61. The molecule has 0 spiro atoms. The van der Waals surface area contributed by atoms with Crippen molar-refractivity contribution in [2.45, 2.75) is 32.4 Å². The zero-order valence-electron chi connectivity index (χ0n) is 11.6. The van der Waals surface area contributed by atoms with Gasteiger partial charge in [-0.15, -0.1) is 0 Å². The molecule has 106 valence electrons. The van der Waals surface area contributed by atoms with Crippen LogP contribution in [0.3, 0.4) is 0 Å². The highest BCUT2D eigenvalue weighted by Gasteiger charge is 2.43. The first-order valence-electron chi connectivity index (χ1n) is 6.91. The first kappa shape index (κ1) is 12.9. The van der Waals surface area contributed by atoms with Gasteiger partial charge in [-0.1, -0.05) is 0 Å². The number of carbonyl (C=O) groups excluding carboxylic acids is 1. The van der Waals surface area contributed by atoms with Gasteiger partial charge in [0.05, 0.1) is 6.33 Å². The zero-order valence-corrected chi connectivity index (χ0v) is 11.6. The third-order valence-corrected chi connectivity index (χ3v) is 4.00. The van der Waals surface area contributed by atoms with Crippen LogP contribution in [-0.2, 0) is 11.3 Å². The van der Waals surface area contributed by atoms with Crippen molar-refractivity contribution in [1.82, 2.24) is 24.6 Å². The summed E-state index contributed by atoms with van der Waals surface area (Å²) in [5, 5.41) is 7.29. The van der Waals surface area contributed by atoms with Gasteiger partial charge in [0.15, 0.2) is 0 Å². The topological polar surface area (TPSA) is 64.7 Å². The fourth-order valence-electron chi connectivity index (χ4n) is 2.36. The molecular weight excluding hydrogens is 254 g/mol. The predicted octanol–water partition coefficient (Wildman–Crippen LogP) is 1.24. The van der Waals surface area contributed by atoms with Crippen LogP contribution >= 0.6 is 0 Å². The highest BCUT2D eigenvalue weighted by atomic mass is 16.2. The van der Waals surface area contributed by atoms with E-state index in [0.29, 0.717) is 6.54 Å². The molecule has 6 heteroatoms. The van der Waals surface area contributed by atoms with Crippen molar-refractivity contribution in [2.24, 2.45) is 5.41 Å². The van der Waals surface area contributed by atoms with Crippen LogP contribution in [0.1, 0.15) is 25.8 Å². The summed E-state index contributed by atoms with van der Waals surface area (Å²) in [7, 11) is 0. The maximum Gasteiger partial charge on any atom is 0.242 e. The Hall–Kier alpha value is -2.11. The quantitative estimate of drug-likeness (QED) is 0.861. The fourth-order valence-corrected chi connectivity index (χ4v) is 2.36. The van der Waals surface area contributed by atoms with Crippen LogP contribution < -0.4 is 5.32 Å². The van der Waals surface area contributed by atoms with Crippen LogP contribution in [0.5, 0.6) is 0 Å². The third kappa shape index (κ3) is 2.74. The Kier molecular flexibility index (Phi) is 3.30. The number of aromatic nitrogens is 4. The summed E-state index contributed by atoms with van der Waals surface area (Å²) in [5.41, 5.74) is 0.191. The SMILES string of the molecule is CC(C(=O)NCC1(Cn2cccn2)CC1)n1ccnc1. The lowest BCUT2D eigenvalue weighted by Crippen LogP contribution is -2.36. The van der Waals surface area contributed by atoms with Crippen LogP contribution in [0.2, 0.25) is 0 Å². The molecule has 1 unspecified atom stereocenters. The van der Waals surface area contributed by atoms with Crippen LogP contribution in [0, 0.1) is 5.41 Å². The number of carbonyl (C=O) groups is 1. The van der Waals surface area contributed by atoms with E-state index < -0.39 is 0 Å². The van der Waals surface area contributed by atoms with E-state index in [1.807, 2.05) is 28.4 Å². The molecular formula is C14H19N5O. The maximum absolute atomic E-state index is 12.1. The van der Waals surface area contributed by atoms with Gasteiger partial charge in [0.2, 0.25) is 5.91 Å². The summed E-state index contributed by atoms with van der Waals surface area (Å²) in [5.74, 6) is 0.0368. The summed E-state index contributed by atoms with van der Waals surface area (Å²) in [6.45, 7) is 3.47. The monoisotopic (exact) mass is 273 g/mol. The smallest absolute Gasteiger partial charge is 0.242 e. The summed E-state index contributed by atoms with van der Waals surface area (Å²) in [6.07, 6.45) is 11.2. The third-order valence-electron chi connectivity index (χ3n) is 4.00. The number of hydrogen-bond donors (Lipinski definition) is 1. The van der Waals surface area contributed by atoms with Gasteiger partial charge in [0, 0.05) is 43.3 Å². The minimum atomic E-state index is -0.224. The molecule has 20 heavy (non-hydrogen) atoms. The summed E-state index contributed by atoms with van der Waals surface area (Å²) in [6, 6.07) is 1.70. The molecule has 3 rings (SSSR count). The van der Waals surface area contributed by atoms with Gasteiger partial charge in [-0.2, -0.15) is 5.10 Å². The Balaban J connectivity index is 1.53. The normalized spacial score (nSPS) is 17.6. The van der Waals surface area contributed by atoms with Gasteiger partial charge in [0.25, 0.3) is 0 Å². The molecule has 1 aliphatic carbocycles. The van der Waals surface area contributed by atoms with Crippen molar-refractivity contribution in [3.63, 3.8) is 0 Å². The molecule has 6 nitrogen and oxygen atoms in total. The van der Waals surface area contributed by atoms with E-state index in [4.69, 9.17) is 0 Å². The lowest BCUT2D eigenvalue weighted by molar-refractivity contribution is -0.124. The van der Waals surface area contributed by atoms with Crippen molar-refractivity contribution in [2.75, 3.05) is 6.54 Å². The van der Waals surface area contributed by atoms with Crippen molar-refractivity contribution in [1.29, 1.82) is 0 Å². The molecule has 0 saturated heterocycles. The standard InChI is InChI=1S/C14H19N5O/c1-12(18-8-6-15-11-18)13(20)16-9-14(3-4-14)10-19-7-2-5-17-19/h2,5-8,11-12H,3-4,9-10H2,1H3,(H,16,20). The van der Waals surface area contributed by atoms with E-state index >= 15 is 0 Å². The molecule has 0 bridgehead atoms. The van der Waals surface area contributed by atoms with Gasteiger partial charge in [-0.3, -0.25) is 9.48 Å². The number of imidazole rings is 1. The Morgan fingerprint density at radius 3 is 2.85 bits per heavy atom. The van der Waals surface area contributed by atoms with Gasteiger partial charge in [-0.05, 0) is 25.8 Å². The van der Waals surface area contributed by atoms with Crippen molar-refractivity contribution < 1.29 is 4.79 Å². The van der Waals surface area contributed by atoms with E-state index in [2.05, 4.69) is 15.4 Å². The first-order valence-corrected chi connectivity index (χ1v) is 6.91. The Labute approximate surface area is 117 Å². The molecule has 0 aromatic carbocycles. The largest absolute Gasteiger partial charge is 0.354 e. The number of rotatable bonds is 6. The summed E-state index contributed by atoms with van der Waals surface area (Å²) >= 11 is 0. The lowest BCUT2D eigenvalue weighted by Gasteiger charge is -2.18. The average molecular weight is 273 g/mol. The summed E-state index contributed by atoms with van der Waals surface area (Å²) < 4.78 is 3.75. The molecule has 1 atom stereocenters. The van der Waals surface area contributed by atoms with Gasteiger partial charge < -0.3 is 9.88 Å². The minimum Gasteiger partial charge on any atom is -0.354 e. The molecule has 2 heterocycles. The van der Waals surface area contributed by atoms with Gasteiger partial charge in [-0.25, -0.2) is 4.98 Å². The van der Waals surface area contributed by atoms with Crippen LogP contribution in [-0.4, -0.2) is 31.8 Å². The lowest BCUT2D eigenvalue weighted by atomic mass is 10.1. The van der Waals surface area contributed by atoms with Crippen LogP contribution in [0.15, 0.2) is 37.2 Å². The van der Waals surface area contributed by atoms with Crippen molar-refractivity contribution >= 4 is 5.91 Å². The Morgan fingerprint density at radius 1 is 1.40 bits per heavy atom. The number of amides is 1. The molecule has 1 N–H and O–H groups in total. The molecule has 1 saturated carbocycles. The highest BCUT2D eigenvalue weighted by Crippen LogP contribution is 2.46. The Morgan fingerprint density at radius 2 is 2.25 bits per heavy atom. The van der Waals surface area contributed by atoms with E-state index in [9.17, 15) is 4.79 Å². The second-order valence-electron chi connectivity index (χ2n) is 5.61. The van der Waals surface area contributed by atoms with Crippen molar-refractivity contribution in [3.05, 3.63) is 37.2 Å². The first-order chi connectivity index (χ1) is 9.69. The van der Waals surface area contributed by atoms with Crippen LogP contribution in [0.25, 0.3) is 0 Å². The fraction of sp³-hybridized carbons (Fsp3) is 0.500. The van der Waals surface area contributed by atoms with Crippen LogP contribution in [0.4, 0.5) is 0 Å². The van der Waals surface area contributed by atoms with E-state index in [1.165, 1.54) is 0 Å². The van der Waals surface area contributed by atoms with E-state index in [0.717, 1.165) is 19.4 Å². The average Bonchev–Trinajstić information content (AvgIpc) is 2.91. The molecule has 2 aromatic rings. The van der Waals surface area contributed by atoms with Crippen molar-refractivity contribution in [3.8, 4) is 0 Å². The number of nitrogens with one attached hydrogen (secondary N) is 1. The second kappa shape index (κ2) is 5.11. The zero-order chi connectivity index (χ0) is 14.0. The highest BCUT2D eigenvalue weighted by molar-refractivity contribution is 5.79. The molecule has 1 fully saturated rings. The molecule has 0 aliphatic heterocycles. The van der Waals surface area contributed by atoms with Gasteiger partial charge in [0.1, 0.15) is 6.04 Å². The predicted molar refractivity (Wildman–Crippen MR) is 73.8 cm³/mol. The minimum absolute atomic E-state index is 0.0368. The molecule has 1 aliphatic rings. The molecule has 2 aromatic heterocycles. The maximum atomic E-state index is 12.1. The van der Waals surface area contributed by atoms with E-state index in [1.54, 1.807) is 24.9 Å². The Bertz CT molecular complexity index is 556. The molecule has 0 radical (unpaired) electrons. The number of hydrogen-bond acceptors (Lipinski definition) is 3. The molecule has 1 amide bonds. The van der Waals surface area contributed by atoms with E-state index in [-0.39, 0.29) is 17.4 Å². The number of nitrogens with zero attached hydrogens (tertiary/aromatic N) is 4. The summed E-state index contributed by atoms with van der Waals surface area (Å²) in [4.78, 5) is 16.1.